The first-order chi connectivity index (χ1) is 9.11. The first-order valence-corrected chi connectivity index (χ1v) is 6.54. The van der Waals surface area contributed by atoms with Gasteiger partial charge in [0.15, 0.2) is 0 Å². The van der Waals surface area contributed by atoms with E-state index in [-0.39, 0.29) is 0 Å². The summed E-state index contributed by atoms with van der Waals surface area (Å²) < 4.78 is 13.4. The van der Waals surface area contributed by atoms with Crippen LogP contribution < -0.4 is 0 Å². The predicted molar refractivity (Wildman–Crippen MR) is 71.3 cm³/mol. The fraction of sp³-hybridized carbons (Fsp3) is 0.312. The van der Waals surface area contributed by atoms with Crippen molar-refractivity contribution < 1.29 is 9.50 Å². The molecule has 0 saturated heterocycles. The first-order valence-electron chi connectivity index (χ1n) is 6.54. The van der Waals surface area contributed by atoms with Crippen molar-refractivity contribution in [2.45, 2.75) is 31.3 Å². The Labute approximate surface area is 111 Å². The van der Waals surface area contributed by atoms with E-state index in [1.54, 1.807) is 6.20 Å². The Balaban J connectivity index is 2.18. The Kier molecular flexibility index (Phi) is 2.86. The van der Waals surface area contributed by atoms with Crippen molar-refractivity contribution >= 4 is 0 Å². The number of aromatic nitrogens is 1. The molecule has 1 aromatic heterocycles. The van der Waals surface area contributed by atoms with Crippen LogP contribution in [0.25, 0.3) is 0 Å². The van der Waals surface area contributed by atoms with Gasteiger partial charge in [-0.1, -0.05) is 31.2 Å². The second-order valence-electron chi connectivity index (χ2n) is 5.28. The van der Waals surface area contributed by atoms with Gasteiger partial charge in [0.1, 0.15) is 11.4 Å². The fourth-order valence-corrected chi connectivity index (χ4v) is 2.96. The summed E-state index contributed by atoms with van der Waals surface area (Å²) in [4.78, 5) is 3.86. The van der Waals surface area contributed by atoms with Crippen LogP contribution in [0.3, 0.4) is 0 Å². The smallest absolute Gasteiger partial charge is 0.141 e. The molecule has 3 rings (SSSR count). The fourth-order valence-electron chi connectivity index (χ4n) is 2.96. The molecular weight excluding hydrogens is 241 g/mol. The minimum atomic E-state index is -1.13. The third kappa shape index (κ3) is 1.94. The lowest BCUT2D eigenvalue weighted by molar-refractivity contribution is 0.0573. The van der Waals surface area contributed by atoms with Crippen LogP contribution in [0.1, 0.15) is 42.4 Å². The summed E-state index contributed by atoms with van der Waals surface area (Å²) in [6.45, 7) is 2.15. The Bertz CT molecular complexity index is 613. The maximum absolute atomic E-state index is 13.4. The van der Waals surface area contributed by atoms with E-state index in [0.717, 1.165) is 23.7 Å². The van der Waals surface area contributed by atoms with E-state index in [4.69, 9.17) is 0 Å². The molecule has 1 aromatic carbocycles. The van der Waals surface area contributed by atoms with E-state index < -0.39 is 11.4 Å². The SMILES string of the molecule is CC1CCC(O)(c2cncc(F)c2)c2ccccc21. The van der Waals surface area contributed by atoms with Gasteiger partial charge in [-0.2, -0.15) is 0 Å². The first kappa shape index (κ1) is 12.3. The summed E-state index contributed by atoms with van der Waals surface area (Å²) in [6, 6.07) is 9.23. The quantitative estimate of drug-likeness (QED) is 0.849. The summed E-state index contributed by atoms with van der Waals surface area (Å²) >= 11 is 0. The lowest BCUT2D eigenvalue weighted by Gasteiger charge is -2.37. The molecule has 0 saturated carbocycles. The van der Waals surface area contributed by atoms with E-state index in [2.05, 4.69) is 11.9 Å². The molecule has 0 bridgehead atoms. The van der Waals surface area contributed by atoms with E-state index in [1.807, 2.05) is 24.3 Å². The molecule has 2 atom stereocenters. The topological polar surface area (TPSA) is 33.1 Å². The Hall–Kier alpha value is -1.74. The number of hydrogen-bond donors (Lipinski definition) is 1. The molecule has 1 heterocycles. The lowest BCUT2D eigenvalue weighted by Crippen LogP contribution is -2.33. The highest BCUT2D eigenvalue weighted by Crippen LogP contribution is 2.44. The molecule has 2 nitrogen and oxygen atoms in total. The molecule has 0 aliphatic heterocycles. The number of pyridine rings is 1. The van der Waals surface area contributed by atoms with Crippen LogP contribution in [0, 0.1) is 5.82 Å². The molecular formula is C16H16FNO. The molecule has 0 radical (unpaired) electrons. The minimum absolute atomic E-state index is 0.415. The van der Waals surface area contributed by atoms with Gasteiger partial charge in [-0.3, -0.25) is 4.98 Å². The van der Waals surface area contributed by atoms with Crippen molar-refractivity contribution in [2.75, 3.05) is 0 Å². The number of aliphatic hydroxyl groups is 1. The van der Waals surface area contributed by atoms with Gasteiger partial charge in [0, 0.05) is 11.8 Å². The van der Waals surface area contributed by atoms with Crippen molar-refractivity contribution in [1.29, 1.82) is 0 Å². The maximum atomic E-state index is 13.4. The van der Waals surface area contributed by atoms with Gasteiger partial charge in [0.2, 0.25) is 0 Å². The summed E-state index contributed by atoms with van der Waals surface area (Å²) in [6.07, 6.45) is 4.18. The molecule has 1 aliphatic rings. The highest BCUT2D eigenvalue weighted by molar-refractivity contribution is 5.43. The third-order valence-corrected chi connectivity index (χ3v) is 4.06. The molecule has 0 fully saturated rings. The lowest BCUT2D eigenvalue weighted by atomic mass is 9.72. The summed E-state index contributed by atoms with van der Waals surface area (Å²) in [5.74, 6) is 0.0000198. The zero-order valence-electron chi connectivity index (χ0n) is 10.8. The van der Waals surface area contributed by atoms with Gasteiger partial charge in [0.05, 0.1) is 6.20 Å². The molecule has 2 aromatic rings. The largest absolute Gasteiger partial charge is 0.380 e. The van der Waals surface area contributed by atoms with E-state index in [1.165, 1.54) is 6.07 Å². The highest BCUT2D eigenvalue weighted by atomic mass is 19.1. The van der Waals surface area contributed by atoms with Crippen LogP contribution in [-0.2, 0) is 5.60 Å². The number of fused-ring (bicyclic) bond motifs is 1. The highest BCUT2D eigenvalue weighted by Gasteiger charge is 2.38. The molecule has 3 heteroatoms. The monoisotopic (exact) mass is 257 g/mol. The van der Waals surface area contributed by atoms with E-state index >= 15 is 0 Å². The molecule has 2 unspecified atom stereocenters. The van der Waals surface area contributed by atoms with Gasteiger partial charge in [-0.25, -0.2) is 4.39 Å². The van der Waals surface area contributed by atoms with Crippen molar-refractivity contribution in [2.24, 2.45) is 0 Å². The van der Waals surface area contributed by atoms with Crippen LogP contribution in [-0.4, -0.2) is 10.1 Å². The van der Waals surface area contributed by atoms with Gasteiger partial charge in [0.25, 0.3) is 0 Å². The van der Waals surface area contributed by atoms with Crippen LogP contribution in [0.15, 0.2) is 42.7 Å². The van der Waals surface area contributed by atoms with E-state index in [9.17, 15) is 9.50 Å². The van der Waals surface area contributed by atoms with Crippen molar-refractivity contribution in [3.8, 4) is 0 Å². The van der Waals surface area contributed by atoms with E-state index in [0.29, 0.717) is 17.9 Å². The Morgan fingerprint density at radius 2 is 2.11 bits per heavy atom. The van der Waals surface area contributed by atoms with Gasteiger partial charge >= 0.3 is 0 Å². The number of benzene rings is 1. The second-order valence-corrected chi connectivity index (χ2v) is 5.28. The molecule has 0 amide bonds. The minimum Gasteiger partial charge on any atom is -0.380 e. The summed E-state index contributed by atoms with van der Waals surface area (Å²) in [7, 11) is 0. The van der Waals surface area contributed by atoms with Crippen LogP contribution in [0.5, 0.6) is 0 Å². The number of nitrogens with zero attached hydrogens (tertiary/aromatic N) is 1. The molecule has 98 valence electrons. The van der Waals surface area contributed by atoms with Crippen LogP contribution in [0.4, 0.5) is 4.39 Å². The standard InChI is InChI=1S/C16H16FNO/c1-11-6-7-16(19,12-8-13(17)10-18-9-12)15-5-3-2-4-14(11)15/h2-5,8-11,19H,6-7H2,1H3. The van der Waals surface area contributed by atoms with Crippen molar-refractivity contribution in [3.63, 3.8) is 0 Å². The third-order valence-electron chi connectivity index (χ3n) is 4.06. The Morgan fingerprint density at radius 3 is 2.89 bits per heavy atom. The molecule has 1 N–H and O–H groups in total. The maximum Gasteiger partial charge on any atom is 0.141 e. The normalized spacial score (nSPS) is 25.9. The van der Waals surface area contributed by atoms with Crippen molar-refractivity contribution in [1.82, 2.24) is 4.98 Å². The summed E-state index contributed by atoms with van der Waals surface area (Å²) in [5, 5.41) is 11.0. The summed E-state index contributed by atoms with van der Waals surface area (Å²) in [5.41, 5.74) is 1.42. The van der Waals surface area contributed by atoms with Crippen molar-refractivity contribution in [3.05, 3.63) is 65.2 Å². The second kappa shape index (κ2) is 4.42. The number of hydrogen-bond acceptors (Lipinski definition) is 2. The zero-order chi connectivity index (χ0) is 13.5. The van der Waals surface area contributed by atoms with Gasteiger partial charge < -0.3 is 5.11 Å². The number of rotatable bonds is 1. The number of halogens is 1. The predicted octanol–water partition coefficient (Wildman–Crippen LogP) is 3.35. The molecule has 0 spiro atoms. The van der Waals surface area contributed by atoms with Crippen LogP contribution >= 0.6 is 0 Å². The average Bonchev–Trinajstić information content (AvgIpc) is 2.43. The molecule has 1 aliphatic carbocycles. The van der Waals surface area contributed by atoms with Gasteiger partial charge in [-0.15, -0.1) is 0 Å². The Morgan fingerprint density at radius 1 is 1.32 bits per heavy atom. The van der Waals surface area contributed by atoms with Gasteiger partial charge in [-0.05, 0) is 36.0 Å². The van der Waals surface area contributed by atoms with Crippen LogP contribution in [0.2, 0.25) is 0 Å². The average molecular weight is 257 g/mol. The zero-order valence-corrected chi connectivity index (χ0v) is 10.8. The molecule has 19 heavy (non-hydrogen) atoms.